The molecule has 1 heterocycles. The van der Waals surface area contributed by atoms with Gasteiger partial charge >= 0.3 is 6.18 Å². The predicted molar refractivity (Wildman–Crippen MR) is 77.0 cm³/mol. The minimum Gasteiger partial charge on any atom is -0.386 e. The van der Waals surface area contributed by atoms with E-state index in [9.17, 15) is 26.7 Å². The molecular weight excluding hydrogens is 333 g/mol. The smallest absolute Gasteiger partial charge is 0.386 e. The fourth-order valence-electron chi connectivity index (χ4n) is 2.02. The van der Waals surface area contributed by atoms with Crippen molar-refractivity contribution >= 4 is 10.0 Å². The molecule has 0 radical (unpaired) electrons. The molecule has 23 heavy (non-hydrogen) atoms. The molecule has 0 bridgehead atoms. The standard InChI is InChI=1S/C14H15F3N2O3S/c1-19-8-2-3-12(19)13(20)9-18-23(21,22)11-6-4-10(5-7-11)14(15,16)17/h2-8,13,18,20H,9H2,1H3/t13-/m0/s1. The Morgan fingerprint density at radius 3 is 2.30 bits per heavy atom. The topological polar surface area (TPSA) is 71.3 Å². The Hall–Kier alpha value is -1.84. The maximum Gasteiger partial charge on any atom is 0.416 e. The Kier molecular flexibility index (Phi) is 4.83. The largest absolute Gasteiger partial charge is 0.416 e. The summed E-state index contributed by atoms with van der Waals surface area (Å²) < 4.78 is 65.3. The van der Waals surface area contributed by atoms with E-state index in [-0.39, 0.29) is 11.4 Å². The average molecular weight is 348 g/mol. The van der Waals surface area contributed by atoms with Gasteiger partial charge in [-0.3, -0.25) is 0 Å². The summed E-state index contributed by atoms with van der Waals surface area (Å²) in [6.07, 6.45) is -3.90. The first kappa shape index (κ1) is 17.5. The lowest BCUT2D eigenvalue weighted by atomic mass is 10.2. The number of hydrogen-bond donors (Lipinski definition) is 2. The molecule has 1 aromatic carbocycles. The van der Waals surface area contributed by atoms with Gasteiger partial charge < -0.3 is 9.67 Å². The molecule has 0 spiro atoms. The van der Waals surface area contributed by atoms with E-state index in [2.05, 4.69) is 4.72 Å². The zero-order valence-corrected chi connectivity index (χ0v) is 12.9. The van der Waals surface area contributed by atoms with Crippen LogP contribution in [-0.2, 0) is 23.2 Å². The minimum atomic E-state index is -4.53. The Morgan fingerprint density at radius 2 is 1.83 bits per heavy atom. The number of aliphatic hydroxyl groups excluding tert-OH is 1. The van der Waals surface area contributed by atoms with Gasteiger partial charge in [0.05, 0.1) is 10.5 Å². The van der Waals surface area contributed by atoms with Crippen LogP contribution in [0.3, 0.4) is 0 Å². The van der Waals surface area contributed by atoms with Crippen molar-refractivity contribution in [3.05, 3.63) is 53.9 Å². The molecule has 0 aliphatic rings. The maximum absolute atomic E-state index is 12.5. The number of aryl methyl sites for hydroxylation is 1. The highest BCUT2D eigenvalue weighted by atomic mass is 32.2. The molecule has 2 N–H and O–H groups in total. The van der Waals surface area contributed by atoms with Gasteiger partial charge in [0.1, 0.15) is 6.10 Å². The number of sulfonamides is 1. The summed E-state index contributed by atoms with van der Waals surface area (Å²) in [6, 6.07) is 6.48. The van der Waals surface area contributed by atoms with Crippen LogP contribution in [0.2, 0.25) is 0 Å². The summed E-state index contributed by atoms with van der Waals surface area (Å²) in [4.78, 5) is -0.301. The summed E-state index contributed by atoms with van der Waals surface area (Å²) in [5, 5.41) is 9.95. The van der Waals surface area contributed by atoms with Crippen LogP contribution in [0.4, 0.5) is 13.2 Å². The zero-order chi connectivity index (χ0) is 17.3. The SMILES string of the molecule is Cn1cccc1[C@@H](O)CNS(=O)(=O)c1ccc(C(F)(F)F)cc1. The molecule has 2 aromatic rings. The molecule has 0 amide bonds. The normalized spacial score (nSPS) is 14.0. The number of aliphatic hydroxyl groups is 1. The van der Waals surface area contributed by atoms with Gasteiger partial charge in [-0.15, -0.1) is 0 Å². The van der Waals surface area contributed by atoms with Gasteiger partial charge in [-0.2, -0.15) is 13.2 Å². The van der Waals surface area contributed by atoms with E-state index in [4.69, 9.17) is 0 Å². The lowest BCUT2D eigenvalue weighted by Gasteiger charge is -2.14. The second-order valence-corrected chi connectivity index (χ2v) is 6.70. The van der Waals surface area contributed by atoms with Gasteiger partial charge in [-0.05, 0) is 36.4 Å². The van der Waals surface area contributed by atoms with Gasteiger partial charge in [0.15, 0.2) is 0 Å². The molecule has 0 saturated carbocycles. The van der Waals surface area contributed by atoms with Gasteiger partial charge in [-0.25, -0.2) is 13.1 Å². The zero-order valence-electron chi connectivity index (χ0n) is 12.1. The van der Waals surface area contributed by atoms with Crippen LogP contribution in [-0.4, -0.2) is 24.6 Å². The van der Waals surface area contributed by atoms with Crippen LogP contribution in [0, 0.1) is 0 Å². The molecule has 0 aliphatic heterocycles. The average Bonchev–Trinajstić information content (AvgIpc) is 2.90. The quantitative estimate of drug-likeness (QED) is 0.869. The van der Waals surface area contributed by atoms with E-state index in [0.717, 1.165) is 12.1 Å². The molecule has 0 fully saturated rings. The number of nitrogens with one attached hydrogen (secondary N) is 1. The Labute approximate surface area is 131 Å². The monoisotopic (exact) mass is 348 g/mol. The van der Waals surface area contributed by atoms with E-state index < -0.39 is 27.9 Å². The lowest BCUT2D eigenvalue weighted by molar-refractivity contribution is -0.137. The van der Waals surface area contributed by atoms with E-state index in [1.165, 1.54) is 0 Å². The lowest BCUT2D eigenvalue weighted by Crippen LogP contribution is -2.29. The third-order valence-corrected chi connectivity index (χ3v) is 4.72. The number of alkyl halides is 3. The van der Waals surface area contributed by atoms with Crippen molar-refractivity contribution in [1.29, 1.82) is 0 Å². The maximum atomic E-state index is 12.5. The van der Waals surface area contributed by atoms with Gasteiger partial charge in [0, 0.05) is 25.5 Å². The first-order valence-electron chi connectivity index (χ1n) is 6.57. The van der Waals surface area contributed by atoms with Crippen LogP contribution in [0.15, 0.2) is 47.5 Å². The summed E-state index contributed by atoms with van der Waals surface area (Å²) in [7, 11) is -2.31. The summed E-state index contributed by atoms with van der Waals surface area (Å²) in [5.74, 6) is 0. The third-order valence-electron chi connectivity index (χ3n) is 3.28. The van der Waals surface area contributed by atoms with Crippen molar-refractivity contribution in [2.45, 2.75) is 17.2 Å². The highest BCUT2D eigenvalue weighted by molar-refractivity contribution is 7.89. The summed E-state index contributed by atoms with van der Waals surface area (Å²) in [6.45, 7) is -0.290. The van der Waals surface area contributed by atoms with Crippen LogP contribution >= 0.6 is 0 Å². The number of halogens is 3. The molecule has 1 aromatic heterocycles. The number of hydrogen-bond acceptors (Lipinski definition) is 3. The molecule has 0 aliphatic carbocycles. The summed E-state index contributed by atoms with van der Waals surface area (Å²) >= 11 is 0. The van der Waals surface area contributed by atoms with Crippen molar-refractivity contribution in [2.75, 3.05) is 6.54 Å². The fraction of sp³-hybridized carbons (Fsp3) is 0.286. The minimum absolute atomic E-state index is 0.290. The second kappa shape index (κ2) is 6.34. The van der Waals surface area contributed by atoms with Crippen molar-refractivity contribution < 1.29 is 26.7 Å². The Bertz CT molecular complexity index is 767. The first-order valence-corrected chi connectivity index (χ1v) is 8.06. The van der Waals surface area contributed by atoms with Crippen LogP contribution < -0.4 is 4.72 Å². The van der Waals surface area contributed by atoms with E-state index in [1.54, 1.807) is 29.9 Å². The van der Waals surface area contributed by atoms with Crippen molar-refractivity contribution in [3.8, 4) is 0 Å². The molecule has 5 nitrogen and oxygen atoms in total. The molecule has 0 saturated heterocycles. The molecule has 2 rings (SSSR count). The fourth-order valence-corrected chi connectivity index (χ4v) is 3.06. The first-order chi connectivity index (χ1) is 10.6. The molecular formula is C14H15F3N2O3S. The van der Waals surface area contributed by atoms with Crippen LogP contribution in [0.5, 0.6) is 0 Å². The molecule has 1 atom stereocenters. The van der Waals surface area contributed by atoms with Crippen molar-refractivity contribution in [2.24, 2.45) is 7.05 Å². The number of nitrogens with zero attached hydrogens (tertiary/aromatic N) is 1. The molecule has 126 valence electrons. The molecule has 9 heteroatoms. The van der Waals surface area contributed by atoms with Gasteiger partial charge in [0.2, 0.25) is 10.0 Å². The highest BCUT2D eigenvalue weighted by Gasteiger charge is 2.30. The van der Waals surface area contributed by atoms with Gasteiger partial charge in [-0.1, -0.05) is 0 Å². The second-order valence-electron chi connectivity index (χ2n) is 4.93. The van der Waals surface area contributed by atoms with Crippen molar-refractivity contribution in [3.63, 3.8) is 0 Å². The number of rotatable bonds is 5. The van der Waals surface area contributed by atoms with E-state index >= 15 is 0 Å². The predicted octanol–water partition coefficient (Wildman–Crippen LogP) is 2.06. The van der Waals surface area contributed by atoms with Crippen LogP contribution in [0.1, 0.15) is 17.4 Å². The summed E-state index contributed by atoms with van der Waals surface area (Å²) in [5.41, 5.74) is -0.416. The van der Waals surface area contributed by atoms with Gasteiger partial charge in [0.25, 0.3) is 0 Å². The Balaban J connectivity index is 2.09. The Morgan fingerprint density at radius 1 is 1.22 bits per heavy atom. The number of aromatic nitrogens is 1. The molecule has 0 unspecified atom stereocenters. The highest BCUT2D eigenvalue weighted by Crippen LogP contribution is 2.29. The van der Waals surface area contributed by atoms with E-state index in [1.807, 2.05) is 0 Å². The van der Waals surface area contributed by atoms with Crippen LogP contribution in [0.25, 0.3) is 0 Å². The van der Waals surface area contributed by atoms with E-state index in [0.29, 0.717) is 17.8 Å². The van der Waals surface area contributed by atoms with Crippen molar-refractivity contribution in [1.82, 2.24) is 9.29 Å². The third kappa shape index (κ3) is 4.12. The number of benzene rings is 1.